The summed E-state index contributed by atoms with van der Waals surface area (Å²) in [5.41, 5.74) is 6.93. The van der Waals surface area contributed by atoms with Crippen molar-refractivity contribution < 1.29 is 13.9 Å². The number of carbonyl (C=O) groups excluding carboxylic acids is 1. The van der Waals surface area contributed by atoms with Crippen molar-refractivity contribution in [2.45, 2.75) is 25.3 Å². The highest BCUT2D eigenvalue weighted by atomic mass is 35.5. The van der Waals surface area contributed by atoms with Gasteiger partial charge in [0.25, 0.3) is 0 Å². The minimum absolute atomic E-state index is 0. The van der Waals surface area contributed by atoms with E-state index in [0.29, 0.717) is 5.92 Å². The van der Waals surface area contributed by atoms with Crippen molar-refractivity contribution in [2.24, 2.45) is 11.7 Å². The summed E-state index contributed by atoms with van der Waals surface area (Å²) in [4.78, 5) is 13.9. The number of halogens is 2. The highest BCUT2D eigenvalue weighted by molar-refractivity contribution is 5.85. The largest absolute Gasteiger partial charge is 0.383 e. The van der Waals surface area contributed by atoms with E-state index in [1.54, 1.807) is 7.11 Å². The van der Waals surface area contributed by atoms with Gasteiger partial charge < -0.3 is 15.4 Å². The summed E-state index contributed by atoms with van der Waals surface area (Å²) in [5, 5.41) is 0. The van der Waals surface area contributed by atoms with Crippen molar-refractivity contribution in [3.63, 3.8) is 0 Å². The molecule has 6 heteroatoms. The summed E-state index contributed by atoms with van der Waals surface area (Å²) in [6, 6.07) is 6.10. The summed E-state index contributed by atoms with van der Waals surface area (Å²) < 4.78 is 17.8. The number of carbonyl (C=O) groups is 1. The molecule has 1 fully saturated rings. The molecule has 2 N–H and O–H groups in total. The molecule has 1 aliphatic heterocycles. The highest BCUT2D eigenvalue weighted by Crippen LogP contribution is 2.22. The van der Waals surface area contributed by atoms with E-state index in [9.17, 15) is 9.18 Å². The Hall–Kier alpha value is -1.17. The molecule has 1 atom stereocenters. The lowest BCUT2D eigenvalue weighted by atomic mass is 9.90. The first-order valence-electron chi connectivity index (χ1n) is 7.38. The number of benzene rings is 1. The zero-order chi connectivity index (χ0) is 15.2. The maximum Gasteiger partial charge on any atom is 0.241 e. The number of hydrogen-bond donors (Lipinski definition) is 1. The van der Waals surface area contributed by atoms with Crippen LogP contribution in [0.5, 0.6) is 0 Å². The Balaban J connectivity index is 0.00000242. The van der Waals surface area contributed by atoms with Gasteiger partial charge in [-0.25, -0.2) is 4.39 Å². The maximum atomic E-state index is 12.9. The number of nitrogens with zero attached hydrogens (tertiary/aromatic N) is 1. The molecule has 2 rings (SSSR count). The van der Waals surface area contributed by atoms with Gasteiger partial charge in [-0.3, -0.25) is 4.79 Å². The van der Waals surface area contributed by atoms with Gasteiger partial charge in [-0.1, -0.05) is 12.1 Å². The molecule has 0 aromatic heterocycles. The molecular weight excluding hydrogens is 307 g/mol. The number of nitrogens with two attached hydrogens (primary N) is 1. The average molecular weight is 331 g/mol. The molecule has 1 unspecified atom stereocenters. The molecule has 4 nitrogen and oxygen atoms in total. The number of likely N-dealkylation sites (tertiary alicyclic amines) is 1. The number of methoxy groups -OCH3 is 1. The van der Waals surface area contributed by atoms with Crippen molar-refractivity contribution in [1.29, 1.82) is 0 Å². The molecule has 124 valence electrons. The maximum absolute atomic E-state index is 12.9. The third-order valence-electron chi connectivity index (χ3n) is 4.03. The van der Waals surface area contributed by atoms with Gasteiger partial charge in [0.05, 0.1) is 6.61 Å². The summed E-state index contributed by atoms with van der Waals surface area (Å²) in [6.45, 7) is 1.73. The molecule has 0 saturated carbocycles. The minimum atomic E-state index is -0.566. The molecule has 0 radical (unpaired) electrons. The van der Waals surface area contributed by atoms with Crippen LogP contribution in [0.2, 0.25) is 0 Å². The van der Waals surface area contributed by atoms with Crippen molar-refractivity contribution in [3.05, 3.63) is 35.6 Å². The van der Waals surface area contributed by atoms with Gasteiger partial charge in [-0.05, 0) is 42.9 Å². The Bertz CT molecular complexity index is 462. The van der Waals surface area contributed by atoms with E-state index < -0.39 is 6.04 Å². The summed E-state index contributed by atoms with van der Waals surface area (Å²) in [6.07, 6.45) is 2.86. The quantitative estimate of drug-likeness (QED) is 0.898. The Labute approximate surface area is 137 Å². The predicted octanol–water partition coefficient (Wildman–Crippen LogP) is 2.00. The van der Waals surface area contributed by atoms with E-state index in [4.69, 9.17) is 10.5 Å². The van der Waals surface area contributed by atoms with E-state index in [1.165, 1.54) is 12.1 Å². The molecule has 1 aliphatic rings. The topological polar surface area (TPSA) is 55.6 Å². The second kappa shape index (κ2) is 9.08. The van der Waals surface area contributed by atoms with Gasteiger partial charge in [-0.15, -0.1) is 12.4 Å². The van der Waals surface area contributed by atoms with Crippen LogP contribution in [0.15, 0.2) is 24.3 Å². The molecule has 0 spiro atoms. The molecule has 0 bridgehead atoms. The van der Waals surface area contributed by atoms with Crippen LogP contribution in [0.25, 0.3) is 0 Å². The van der Waals surface area contributed by atoms with Gasteiger partial charge in [0.1, 0.15) is 11.9 Å². The van der Waals surface area contributed by atoms with E-state index in [2.05, 4.69) is 0 Å². The van der Waals surface area contributed by atoms with Crippen LogP contribution >= 0.6 is 12.4 Å². The molecule has 22 heavy (non-hydrogen) atoms. The lowest BCUT2D eigenvalue weighted by Gasteiger charge is -2.33. The lowest BCUT2D eigenvalue weighted by Crippen LogP contribution is -2.49. The van der Waals surface area contributed by atoms with E-state index >= 15 is 0 Å². The third kappa shape index (κ3) is 5.23. The second-order valence-electron chi connectivity index (χ2n) is 5.66. The van der Waals surface area contributed by atoms with Crippen LogP contribution in [0.4, 0.5) is 4.39 Å². The first-order valence-corrected chi connectivity index (χ1v) is 7.38. The van der Waals surface area contributed by atoms with Crippen LogP contribution in [0, 0.1) is 11.7 Å². The van der Waals surface area contributed by atoms with Gasteiger partial charge in [0.15, 0.2) is 0 Å². The van der Waals surface area contributed by atoms with Gasteiger partial charge in [-0.2, -0.15) is 0 Å². The standard InChI is InChI=1S/C16H23FN2O2.ClH/c1-21-11-15(18)16(20)19-8-6-13(7-9-19)10-12-2-4-14(17)5-3-12;/h2-5,13,15H,6-11,18H2,1H3;1H. The van der Waals surface area contributed by atoms with E-state index in [-0.39, 0.29) is 30.7 Å². The summed E-state index contributed by atoms with van der Waals surface area (Å²) in [7, 11) is 1.54. The van der Waals surface area contributed by atoms with Crippen molar-refractivity contribution in [2.75, 3.05) is 26.8 Å². The third-order valence-corrected chi connectivity index (χ3v) is 4.03. The SMILES string of the molecule is COCC(N)C(=O)N1CCC(Cc2ccc(F)cc2)CC1.Cl. The molecule has 1 heterocycles. The summed E-state index contributed by atoms with van der Waals surface area (Å²) >= 11 is 0. The second-order valence-corrected chi connectivity index (χ2v) is 5.66. The zero-order valence-corrected chi connectivity index (χ0v) is 13.7. The number of piperidine rings is 1. The van der Waals surface area contributed by atoms with Crippen LogP contribution in [0.3, 0.4) is 0 Å². The predicted molar refractivity (Wildman–Crippen MR) is 86.5 cm³/mol. The van der Waals surface area contributed by atoms with E-state index in [1.807, 2.05) is 17.0 Å². The average Bonchev–Trinajstić information content (AvgIpc) is 2.50. The first-order chi connectivity index (χ1) is 10.1. The van der Waals surface area contributed by atoms with Crippen LogP contribution in [-0.4, -0.2) is 43.7 Å². The fourth-order valence-corrected chi connectivity index (χ4v) is 2.80. The Kier molecular flexibility index (Phi) is 7.79. The Morgan fingerprint density at radius 1 is 1.36 bits per heavy atom. The lowest BCUT2D eigenvalue weighted by molar-refractivity contribution is -0.135. The normalized spacial score (nSPS) is 17.0. The molecule has 1 saturated heterocycles. The number of rotatable bonds is 5. The summed E-state index contributed by atoms with van der Waals surface area (Å²) in [5.74, 6) is 0.307. The van der Waals surface area contributed by atoms with E-state index in [0.717, 1.165) is 37.9 Å². The van der Waals surface area contributed by atoms with Crippen LogP contribution in [-0.2, 0) is 16.0 Å². The van der Waals surface area contributed by atoms with Gasteiger partial charge >= 0.3 is 0 Å². The molecule has 1 aromatic rings. The molecular formula is C16H24ClFN2O2. The number of hydrogen-bond acceptors (Lipinski definition) is 3. The van der Waals surface area contributed by atoms with Crippen molar-refractivity contribution in [3.8, 4) is 0 Å². The number of amides is 1. The fraction of sp³-hybridized carbons (Fsp3) is 0.562. The van der Waals surface area contributed by atoms with Crippen LogP contribution in [0.1, 0.15) is 18.4 Å². The Morgan fingerprint density at radius 2 is 1.95 bits per heavy atom. The number of ether oxygens (including phenoxy) is 1. The van der Waals surface area contributed by atoms with Crippen molar-refractivity contribution in [1.82, 2.24) is 4.90 Å². The highest BCUT2D eigenvalue weighted by Gasteiger charge is 2.26. The van der Waals surface area contributed by atoms with Crippen molar-refractivity contribution >= 4 is 18.3 Å². The fourth-order valence-electron chi connectivity index (χ4n) is 2.80. The monoisotopic (exact) mass is 330 g/mol. The minimum Gasteiger partial charge on any atom is -0.383 e. The smallest absolute Gasteiger partial charge is 0.241 e. The van der Waals surface area contributed by atoms with Crippen LogP contribution < -0.4 is 5.73 Å². The zero-order valence-electron chi connectivity index (χ0n) is 12.8. The molecule has 1 amide bonds. The first kappa shape index (κ1) is 18.9. The van der Waals surface area contributed by atoms with Gasteiger partial charge in [0.2, 0.25) is 5.91 Å². The Morgan fingerprint density at radius 3 is 2.50 bits per heavy atom. The molecule has 1 aromatic carbocycles. The van der Waals surface area contributed by atoms with Gasteiger partial charge in [0, 0.05) is 20.2 Å². The molecule has 0 aliphatic carbocycles.